The van der Waals surface area contributed by atoms with Crippen molar-refractivity contribution in [2.75, 3.05) is 18.8 Å². The van der Waals surface area contributed by atoms with Crippen molar-refractivity contribution in [2.24, 2.45) is 5.92 Å². The number of nitrogens with zero attached hydrogens (tertiary/aromatic N) is 3. The van der Waals surface area contributed by atoms with Crippen LogP contribution < -0.4 is 0 Å². The van der Waals surface area contributed by atoms with E-state index in [-0.39, 0.29) is 11.2 Å². The zero-order valence-corrected chi connectivity index (χ0v) is 14.6. The minimum Gasteiger partial charge on any atom is -0.342 e. The number of thioether (sulfide) groups is 2. The van der Waals surface area contributed by atoms with E-state index in [4.69, 9.17) is 0 Å². The average molecular weight is 332 g/mol. The fourth-order valence-corrected chi connectivity index (χ4v) is 5.26. The molecule has 1 unspecified atom stereocenters. The third-order valence-electron chi connectivity index (χ3n) is 3.38. The van der Waals surface area contributed by atoms with Crippen LogP contribution in [-0.4, -0.2) is 45.1 Å². The Morgan fingerprint density at radius 3 is 2.70 bits per heavy atom. The highest BCUT2D eigenvalue weighted by atomic mass is 32.2. The van der Waals surface area contributed by atoms with Crippen molar-refractivity contribution >= 4 is 40.8 Å². The van der Waals surface area contributed by atoms with Gasteiger partial charge in [-0.3, -0.25) is 4.79 Å². The van der Waals surface area contributed by atoms with Gasteiger partial charge in [0.15, 0.2) is 8.68 Å². The van der Waals surface area contributed by atoms with Crippen molar-refractivity contribution in [3.8, 4) is 0 Å². The molecule has 0 aromatic carbocycles. The Hall–Kier alpha value is -0.270. The molecule has 1 aliphatic heterocycles. The topological polar surface area (TPSA) is 46.1 Å². The fraction of sp³-hybridized carbons (Fsp3) is 0.769. The van der Waals surface area contributed by atoms with E-state index < -0.39 is 0 Å². The number of aromatic nitrogens is 2. The number of carbonyl (C=O) groups excluding carboxylic acids is 1. The molecule has 0 saturated carbocycles. The van der Waals surface area contributed by atoms with E-state index in [1.807, 2.05) is 11.8 Å². The van der Waals surface area contributed by atoms with E-state index in [2.05, 4.69) is 24.0 Å². The predicted molar refractivity (Wildman–Crippen MR) is 86.6 cm³/mol. The summed E-state index contributed by atoms with van der Waals surface area (Å²) in [6.45, 7) is 8.13. The molecule has 0 N–H and O–H groups in total. The number of hydrogen-bond acceptors (Lipinski definition) is 6. The second kappa shape index (κ2) is 7.66. The van der Waals surface area contributed by atoms with Gasteiger partial charge in [0, 0.05) is 13.1 Å². The zero-order chi connectivity index (χ0) is 14.5. The van der Waals surface area contributed by atoms with Gasteiger partial charge in [0.2, 0.25) is 5.91 Å². The highest BCUT2D eigenvalue weighted by Crippen LogP contribution is 2.32. The molecule has 1 amide bonds. The molecule has 2 rings (SSSR count). The van der Waals surface area contributed by atoms with Crippen molar-refractivity contribution in [2.45, 2.75) is 47.5 Å². The second-order valence-electron chi connectivity index (χ2n) is 5.03. The van der Waals surface area contributed by atoms with E-state index in [1.54, 1.807) is 23.1 Å². The van der Waals surface area contributed by atoms with Crippen molar-refractivity contribution < 1.29 is 4.79 Å². The summed E-state index contributed by atoms with van der Waals surface area (Å²) in [5.41, 5.74) is 0. The van der Waals surface area contributed by atoms with Crippen molar-refractivity contribution in [1.29, 1.82) is 0 Å². The van der Waals surface area contributed by atoms with Crippen LogP contribution in [0.5, 0.6) is 0 Å². The lowest BCUT2D eigenvalue weighted by atomic mass is 9.99. The van der Waals surface area contributed by atoms with Crippen LogP contribution in [0.1, 0.15) is 33.6 Å². The highest BCUT2D eigenvalue weighted by Gasteiger charge is 2.25. The molecule has 4 nitrogen and oxygen atoms in total. The average Bonchev–Trinajstić information content (AvgIpc) is 2.86. The number of piperidine rings is 1. The van der Waals surface area contributed by atoms with Gasteiger partial charge >= 0.3 is 0 Å². The standard InChI is InChI=1S/C13H21N3OS3/c1-4-18-12-14-15-13(20-12)19-10(3)11(17)16-7-5-9(2)6-8-16/h9-10H,4-8H2,1-3H3. The highest BCUT2D eigenvalue weighted by molar-refractivity contribution is 8.03. The molecule has 1 aromatic heterocycles. The molecule has 0 radical (unpaired) electrons. The second-order valence-corrected chi connectivity index (χ2v) is 9.11. The van der Waals surface area contributed by atoms with Crippen molar-refractivity contribution in [1.82, 2.24) is 15.1 Å². The summed E-state index contributed by atoms with van der Waals surface area (Å²) in [6, 6.07) is 0. The van der Waals surface area contributed by atoms with Gasteiger partial charge < -0.3 is 4.90 Å². The van der Waals surface area contributed by atoms with Crippen LogP contribution in [0, 0.1) is 5.92 Å². The normalized spacial score (nSPS) is 18.2. The van der Waals surface area contributed by atoms with Gasteiger partial charge in [-0.25, -0.2) is 0 Å². The van der Waals surface area contributed by atoms with Gasteiger partial charge in [-0.1, -0.05) is 48.7 Å². The lowest BCUT2D eigenvalue weighted by molar-refractivity contribution is -0.131. The number of amides is 1. The minimum atomic E-state index is -0.0733. The molecule has 0 spiro atoms. The summed E-state index contributed by atoms with van der Waals surface area (Å²) in [5.74, 6) is 1.99. The Morgan fingerprint density at radius 1 is 1.40 bits per heavy atom. The molecule has 1 aromatic rings. The van der Waals surface area contributed by atoms with Crippen LogP contribution in [0.4, 0.5) is 0 Å². The molecular formula is C13H21N3OS3. The Bertz CT molecular complexity index is 444. The Balaban J connectivity index is 1.86. The lowest BCUT2D eigenvalue weighted by Crippen LogP contribution is -2.41. The summed E-state index contributed by atoms with van der Waals surface area (Å²) in [6.07, 6.45) is 2.25. The first kappa shape index (κ1) is 16.1. The van der Waals surface area contributed by atoms with Crippen LogP contribution in [0.15, 0.2) is 8.68 Å². The number of hydrogen-bond donors (Lipinski definition) is 0. The largest absolute Gasteiger partial charge is 0.342 e. The van der Waals surface area contributed by atoms with Crippen LogP contribution in [0.25, 0.3) is 0 Å². The molecule has 0 bridgehead atoms. The molecule has 1 atom stereocenters. The first-order valence-electron chi connectivity index (χ1n) is 7.02. The third kappa shape index (κ3) is 4.36. The maximum absolute atomic E-state index is 12.4. The van der Waals surface area contributed by atoms with Gasteiger partial charge in [-0.15, -0.1) is 10.2 Å². The third-order valence-corrected chi connectivity index (χ3v) is 6.49. The minimum absolute atomic E-state index is 0.0733. The van der Waals surface area contributed by atoms with Gasteiger partial charge in [0.05, 0.1) is 5.25 Å². The molecule has 112 valence electrons. The maximum atomic E-state index is 12.4. The van der Waals surface area contributed by atoms with Gasteiger partial charge in [-0.05, 0) is 31.4 Å². The first-order chi connectivity index (χ1) is 9.60. The van der Waals surface area contributed by atoms with Crippen molar-refractivity contribution in [3.63, 3.8) is 0 Å². The van der Waals surface area contributed by atoms with E-state index in [0.29, 0.717) is 0 Å². The quantitative estimate of drug-likeness (QED) is 0.774. The molecule has 1 aliphatic rings. The van der Waals surface area contributed by atoms with Crippen LogP contribution in [0.3, 0.4) is 0 Å². The summed E-state index contributed by atoms with van der Waals surface area (Å²) in [5, 5.41) is 8.21. The van der Waals surface area contributed by atoms with Crippen LogP contribution >= 0.6 is 34.9 Å². The van der Waals surface area contributed by atoms with Crippen molar-refractivity contribution in [3.05, 3.63) is 0 Å². The number of likely N-dealkylation sites (tertiary alicyclic amines) is 1. The molecule has 2 heterocycles. The molecule has 7 heteroatoms. The summed E-state index contributed by atoms with van der Waals surface area (Å²) in [4.78, 5) is 14.4. The lowest BCUT2D eigenvalue weighted by Gasteiger charge is -2.31. The number of rotatable bonds is 5. The van der Waals surface area contributed by atoms with Crippen LogP contribution in [0.2, 0.25) is 0 Å². The summed E-state index contributed by atoms with van der Waals surface area (Å²) in [7, 11) is 0. The zero-order valence-electron chi connectivity index (χ0n) is 12.2. The summed E-state index contributed by atoms with van der Waals surface area (Å²) >= 11 is 4.81. The van der Waals surface area contributed by atoms with E-state index in [9.17, 15) is 4.79 Å². The predicted octanol–water partition coefficient (Wildman–Crippen LogP) is 3.39. The molecule has 1 saturated heterocycles. The Labute approximate surface area is 133 Å². The Kier molecular flexibility index (Phi) is 6.17. The summed E-state index contributed by atoms with van der Waals surface area (Å²) < 4.78 is 1.88. The van der Waals surface area contributed by atoms with Gasteiger partial charge in [0.1, 0.15) is 0 Å². The SMILES string of the molecule is CCSc1nnc(SC(C)C(=O)N2CCC(C)CC2)s1. The fourth-order valence-electron chi connectivity index (χ4n) is 2.11. The van der Waals surface area contributed by atoms with E-state index in [1.165, 1.54) is 11.8 Å². The van der Waals surface area contributed by atoms with Crippen LogP contribution in [-0.2, 0) is 4.79 Å². The first-order valence-corrected chi connectivity index (χ1v) is 9.70. The molecule has 0 aliphatic carbocycles. The van der Waals surface area contributed by atoms with Gasteiger partial charge in [0.25, 0.3) is 0 Å². The Morgan fingerprint density at radius 2 is 2.05 bits per heavy atom. The number of carbonyl (C=O) groups is 1. The van der Waals surface area contributed by atoms with Gasteiger partial charge in [-0.2, -0.15) is 0 Å². The monoisotopic (exact) mass is 331 g/mol. The molecule has 20 heavy (non-hydrogen) atoms. The smallest absolute Gasteiger partial charge is 0.235 e. The molecular weight excluding hydrogens is 310 g/mol. The van der Waals surface area contributed by atoms with E-state index in [0.717, 1.165) is 46.3 Å². The molecule has 1 fully saturated rings. The maximum Gasteiger partial charge on any atom is 0.235 e. The van der Waals surface area contributed by atoms with E-state index >= 15 is 0 Å².